The second-order valence-electron chi connectivity index (χ2n) is 8.06. The maximum absolute atomic E-state index is 12.6. The average molecular weight is 428 g/mol. The van der Waals surface area contributed by atoms with E-state index < -0.39 is 0 Å². The van der Waals surface area contributed by atoms with Gasteiger partial charge in [-0.3, -0.25) is 9.78 Å². The molecule has 0 unspecified atom stereocenters. The smallest absolute Gasteiger partial charge is 0.255 e. The Morgan fingerprint density at radius 2 is 1.97 bits per heavy atom. The van der Waals surface area contributed by atoms with Crippen molar-refractivity contribution in [1.82, 2.24) is 30.2 Å². The highest BCUT2D eigenvalue weighted by atomic mass is 16.5. The van der Waals surface area contributed by atoms with Crippen molar-refractivity contribution in [3.8, 4) is 17.1 Å². The fourth-order valence-corrected chi connectivity index (χ4v) is 4.04. The molecule has 1 aromatic carbocycles. The largest absolute Gasteiger partial charge is 0.346 e. The van der Waals surface area contributed by atoms with E-state index in [1.807, 2.05) is 49.4 Å². The predicted molar refractivity (Wildman–Crippen MR) is 118 cm³/mol. The van der Waals surface area contributed by atoms with Gasteiger partial charge >= 0.3 is 0 Å². The van der Waals surface area contributed by atoms with Gasteiger partial charge in [-0.25, -0.2) is 4.68 Å². The van der Waals surface area contributed by atoms with Crippen LogP contribution in [0.5, 0.6) is 0 Å². The van der Waals surface area contributed by atoms with Crippen molar-refractivity contribution >= 4 is 5.91 Å². The Labute approximate surface area is 185 Å². The maximum Gasteiger partial charge on any atom is 0.255 e. The van der Waals surface area contributed by atoms with Crippen LogP contribution in [0.25, 0.3) is 17.1 Å². The Kier molecular flexibility index (Phi) is 5.49. The normalized spacial score (nSPS) is 14.0. The molecular weight excluding hydrogens is 404 g/mol. The quantitative estimate of drug-likeness (QED) is 0.494. The van der Waals surface area contributed by atoms with E-state index in [1.54, 1.807) is 17.1 Å². The molecule has 0 saturated heterocycles. The number of nitrogens with zero attached hydrogens (tertiary/aromatic N) is 5. The standard InChI is InChI=1S/C24H24N6O2/c1-16-21(23(31)26-14-19-8-4-5-13-25-19)15-30(28-16)20-11-9-17(10-12-20)22-27-24(32-29-22)18-6-2-3-7-18/h4-5,8-13,15,18H,2-3,6-7,14H2,1H3,(H,26,31). The van der Waals surface area contributed by atoms with E-state index in [1.165, 1.54) is 12.8 Å². The van der Waals surface area contributed by atoms with E-state index in [9.17, 15) is 4.79 Å². The summed E-state index contributed by atoms with van der Waals surface area (Å²) in [7, 11) is 0. The van der Waals surface area contributed by atoms with E-state index in [-0.39, 0.29) is 5.91 Å². The molecule has 0 bridgehead atoms. The first-order valence-corrected chi connectivity index (χ1v) is 10.9. The first kappa shape index (κ1) is 20.1. The molecule has 0 atom stereocenters. The molecule has 0 radical (unpaired) electrons. The molecule has 1 N–H and O–H groups in total. The Balaban J connectivity index is 1.28. The van der Waals surface area contributed by atoms with Gasteiger partial charge in [-0.2, -0.15) is 10.1 Å². The molecule has 0 aliphatic heterocycles. The summed E-state index contributed by atoms with van der Waals surface area (Å²) in [6.07, 6.45) is 8.14. The summed E-state index contributed by atoms with van der Waals surface area (Å²) < 4.78 is 7.19. The van der Waals surface area contributed by atoms with Crippen LogP contribution >= 0.6 is 0 Å². The number of amides is 1. The minimum Gasteiger partial charge on any atom is -0.346 e. The van der Waals surface area contributed by atoms with Crippen LogP contribution in [0.15, 0.2) is 59.4 Å². The lowest BCUT2D eigenvalue weighted by Crippen LogP contribution is -2.23. The zero-order valence-electron chi connectivity index (χ0n) is 17.9. The van der Waals surface area contributed by atoms with Crippen molar-refractivity contribution in [3.05, 3.63) is 77.7 Å². The third-order valence-electron chi connectivity index (χ3n) is 5.84. The fraction of sp³-hybridized carbons (Fsp3) is 0.292. The number of aryl methyl sites for hydroxylation is 1. The summed E-state index contributed by atoms with van der Waals surface area (Å²) in [5.41, 5.74) is 3.73. The Bertz CT molecular complexity index is 1210. The van der Waals surface area contributed by atoms with E-state index >= 15 is 0 Å². The van der Waals surface area contributed by atoms with Gasteiger partial charge in [0, 0.05) is 23.9 Å². The van der Waals surface area contributed by atoms with Gasteiger partial charge in [-0.1, -0.05) is 24.1 Å². The first-order valence-electron chi connectivity index (χ1n) is 10.9. The fourth-order valence-electron chi connectivity index (χ4n) is 4.04. The summed E-state index contributed by atoms with van der Waals surface area (Å²) in [6, 6.07) is 13.4. The number of benzene rings is 1. The van der Waals surface area contributed by atoms with Crippen LogP contribution < -0.4 is 5.32 Å². The van der Waals surface area contributed by atoms with Crippen molar-refractivity contribution in [3.63, 3.8) is 0 Å². The molecule has 1 aliphatic carbocycles. The zero-order chi connectivity index (χ0) is 21.9. The minimum absolute atomic E-state index is 0.178. The molecular formula is C24H24N6O2. The van der Waals surface area contributed by atoms with Crippen LogP contribution in [0, 0.1) is 6.92 Å². The molecule has 4 aromatic rings. The van der Waals surface area contributed by atoms with Gasteiger partial charge in [0.1, 0.15) is 0 Å². The van der Waals surface area contributed by atoms with Crippen molar-refractivity contribution in [2.45, 2.75) is 45.1 Å². The SMILES string of the molecule is Cc1nn(-c2ccc(-c3noc(C4CCCC4)n3)cc2)cc1C(=O)NCc1ccccn1. The van der Waals surface area contributed by atoms with E-state index in [4.69, 9.17) is 4.52 Å². The number of pyridine rings is 1. The van der Waals surface area contributed by atoms with Crippen LogP contribution in [0.4, 0.5) is 0 Å². The molecule has 8 nitrogen and oxygen atoms in total. The van der Waals surface area contributed by atoms with E-state index in [2.05, 4.69) is 25.5 Å². The van der Waals surface area contributed by atoms with Crippen molar-refractivity contribution in [2.24, 2.45) is 0 Å². The molecule has 1 amide bonds. The summed E-state index contributed by atoms with van der Waals surface area (Å²) in [5, 5.41) is 11.6. The second-order valence-corrected chi connectivity index (χ2v) is 8.06. The lowest BCUT2D eigenvalue weighted by molar-refractivity contribution is 0.0950. The Morgan fingerprint density at radius 1 is 1.16 bits per heavy atom. The van der Waals surface area contributed by atoms with Gasteiger partial charge in [0.25, 0.3) is 5.91 Å². The summed E-state index contributed by atoms with van der Waals surface area (Å²) in [5.74, 6) is 1.56. The topological polar surface area (TPSA) is 98.7 Å². The van der Waals surface area contributed by atoms with Crippen LogP contribution in [0.1, 0.15) is 59.2 Å². The van der Waals surface area contributed by atoms with Crippen molar-refractivity contribution < 1.29 is 9.32 Å². The summed E-state index contributed by atoms with van der Waals surface area (Å²) in [6.45, 7) is 2.19. The predicted octanol–water partition coefficient (Wildman–Crippen LogP) is 4.21. The Morgan fingerprint density at radius 3 is 2.72 bits per heavy atom. The zero-order valence-corrected chi connectivity index (χ0v) is 17.9. The number of hydrogen-bond donors (Lipinski definition) is 1. The number of aromatic nitrogens is 5. The van der Waals surface area contributed by atoms with Crippen LogP contribution in [-0.2, 0) is 6.54 Å². The molecule has 0 spiro atoms. The molecule has 8 heteroatoms. The number of nitrogens with one attached hydrogen (secondary N) is 1. The highest BCUT2D eigenvalue weighted by Gasteiger charge is 2.23. The van der Waals surface area contributed by atoms with Gasteiger partial charge in [-0.05, 0) is 56.2 Å². The second kappa shape index (κ2) is 8.74. The molecule has 3 aromatic heterocycles. The van der Waals surface area contributed by atoms with Gasteiger partial charge in [0.05, 0.1) is 29.2 Å². The van der Waals surface area contributed by atoms with Gasteiger partial charge in [-0.15, -0.1) is 0 Å². The van der Waals surface area contributed by atoms with E-state index in [0.717, 1.165) is 35.7 Å². The lowest BCUT2D eigenvalue weighted by atomic mass is 10.1. The summed E-state index contributed by atoms with van der Waals surface area (Å²) in [4.78, 5) is 21.4. The molecule has 1 aliphatic rings. The molecule has 5 rings (SSSR count). The molecule has 32 heavy (non-hydrogen) atoms. The van der Waals surface area contributed by atoms with E-state index in [0.29, 0.717) is 29.5 Å². The van der Waals surface area contributed by atoms with Crippen molar-refractivity contribution in [2.75, 3.05) is 0 Å². The first-order chi connectivity index (χ1) is 15.7. The van der Waals surface area contributed by atoms with Crippen molar-refractivity contribution in [1.29, 1.82) is 0 Å². The minimum atomic E-state index is -0.178. The molecule has 162 valence electrons. The number of carbonyl (C=O) groups is 1. The van der Waals surface area contributed by atoms with Gasteiger partial charge in [0.2, 0.25) is 11.7 Å². The molecule has 1 fully saturated rings. The van der Waals surface area contributed by atoms with Gasteiger partial charge in [0.15, 0.2) is 0 Å². The van der Waals surface area contributed by atoms with Crippen LogP contribution in [-0.4, -0.2) is 30.8 Å². The van der Waals surface area contributed by atoms with Crippen LogP contribution in [0.2, 0.25) is 0 Å². The third kappa shape index (κ3) is 4.16. The average Bonchev–Trinajstić information content (AvgIpc) is 3.59. The Hall–Kier alpha value is -3.81. The number of hydrogen-bond acceptors (Lipinski definition) is 6. The third-order valence-corrected chi connectivity index (χ3v) is 5.84. The summed E-state index contributed by atoms with van der Waals surface area (Å²) >= 11 is 0. The monoisotopic (exact) mass is 428 g/mol. The lowest BCUT2D eigenvalue weighted by Gasteiger charge is -2.03. The molecule has 1 saturated carbocycles. The number of rotatable bonds is 6. The van der Waals surface area contributed by atoms with Crippen LogP contribution in [0.3, 0.4) is 0 Å². The highest BCUT2D eigenvalue weighted by Crippen LogP contribution is 2.33. The van der Waals surface area contributed by atoms with Gasteiger partial charge < -0.3 is 9.84 Å². The highest BCUT2D eigenvalue weighted by molar-refractivity contribution is 5.95. The number of carbonyl (C=O) groups excluding carboxylic acids is 1. The molecule has 3 heterocycles. The maximum atomic E-state index is 12.6.